The fourth-order valence-corrected chi connectivity index (χ4v) is 11.4. The Morgan fingerprint density at radius 2 is 1.62 bits per heavy atom. The van der Waals surface area contributed by atoms with Crippen LogP contribution in [0.1, 0.15) is 124 Å². The lowest BCUT2D eigenvalue weighted by Crippen LogP contribution is -2.66. The summed E-state index contributed by atoms with van der Waals surface area (Å²) in [5.74, 6) is 1.02. The fraction of sp³-hybridized carbons (Fsp3) is 0.737. The molecule has 4 nitrogen and oxygen atoms in total. The van der Waals surface area contributed by atoms with Gasteiger partial charge in [-0.15, -0.1) is 0 Å². The molecule has 0 amide bonds. The average molecular weight is 576 g/mol. The van der Waals surface area contributed by atoms with Crippen molar-refractivity contribution >= 4 is 11.8 Å². The topological polar surface area (TPSA) is 47.2 Å². The largest absolute Gasteiger partial charge is 0.458 e. The molecule has 8 atom stereocenters. The Labute approximate surface area is 256 Å². The quantitative estimate of drug-likeness (QED) is 0.202. The van der Waals surface area contributed by atoms with Crippen LogP contribution in [0.25, 0.3) is 0 Å². The van der Waals surface area contributed by atoms with E-state index in [0.29, 0.717) is 34.0 Å². The Morgan fingerprint density at radius 3 is 2.31 bits per heavy atom. The summed E-state index contributed by atoms with van der Waals surface area (Å²) in [6.07, 6.45) is 16.0. The van der Waals surface area contributed by atoms with Crippen molar-refractivity contribution in [2.24, 2.45) is 57.3 Å². The number of carbonyl (C=O) groups is 2. The van der Waals surface area contributed by atoms with Gasteiger partial charge in [0.2, 0.25) is 0 Å². The second-order valence-electron chi connectivity index (χ2n) is 17.4. The van der Waals surface area contributed by atoms with Gasteiger partial charge in [0.1, 0.15) is 18.7 Å². The molecule has 0 aromatic carbocycles. The molecule has 1 aromatic rings. The third-order valence-corrected chi connectivity index (χ3v) is 14.2. The summed E-state index contributed by atoms with van der Waals surface area (Å²) in [7, 11) is 1.93. The summed E-state index contributed by atoms with van der Waals surface area (Å²) in [4.78, 5) is 27.8. The van der Waals surface area contributed by atoms with Crippen LogP contribution in [0.5, 0.6) is 0 Å². The number of fused-ring (bicyclic) bond motifs is 7. The van der Waals surface area contributed by atoms with Crippen molar-refractivity contribution in [2.75, 3.05) is 0 Å². The molecular formula is C38H57NO3. The second kappa shape index (κ2) is 9.77. The number of esters is 1. The van der Waals surface area contributed by atoms with Crippen LogP contribution in [0.15, 0.2) is 36.2 Å². The number of allylic oxidation sites excluding steroid dienone is 2. The van der Waals surface area contributed by atoms with Gasteiger partial charge in [0.25, 0.3) is 0 Å². The van der Waals surface area contributed by atoms with E-state index >= 15 is 0 Å². The molecule has 0 unspecified atom stereocenters. The summed E-state index contributed by atoms with van der Waals surface area (Å²) in [5.41, 5.74) is 2.48. The Bertz CT molecular complexity index is 1310. The van der Waals surface area contributed by atoms with Gasteiger partial charge in [0.15, 0.2) is 18.2 Å². The van der Waals surface area contributed by atoms with Gasteiger partial charge < -0.3 is 12.2 Å². The van der Waals surface area contributed by atoms with Gasteiger partial charge >= 0.3 is 5.97 Å². The van der Waals surface area contributed by atoms with Crippen LogP contribution in [-0.2, 0) is 16.6 Å². The number of rotatable bonds is 2. The Morgan fingerprint density at radius 1 is 0.929 bits per heavy atom. The molecule has 0 radical (unpaired) electrons. The number of hydrogen-bond acceptors (Lipinski definition) is 3. The number of carbonyl (C=O) groups excluding carboxylic acids is 2. The lowest BCUT2D eigenvalue weighted by Gasteiger charge is -2.70. The molecule has 1 aromatic heterocycles. The molecule has 4 saturated carbocycles. The van der Waals surface area contributed by atoms with E-state index in [2.05, 4.69) is 61.5 Å². The smallest absolute Gasteiger partial charge is 0.344 e. The molecule has 0 saturated heterocycles. The molecule has 42 heavy (non-hydrogen) atoms. The number of hydrogen-bond donors (Lipinski definition) is 0. The molecule has 0 bridgehead atoms. The number of aromatic nitrogens is 1. The first kappa shape index (κ1) is 31.5. The van der Waals surface area contributed by atoms with Crippen molar-refractivity contribution in [3.05, 3.63) is 49.2 Å². The summed E-state index contributed by atoms with van der Waals surface area (Å²) >= 11 is 0. The van der Waals surface area contributed by atoms with E-state index in [1.54, 1.807) is 0 Å². The summed E-state index contributed by atoms with van der Waals surface area (Å²) < 4.78 is 8.17. The minimum absolute atomic E-state index is 0. The van der Waals surface area contributed by atoms with Crippen LogP contribution in [-0.4, -0.2) is 17.9 Å². The molecule has 0 spiro atoms. The van der Waals surface area contributed by atoms with Crippen LogP contribution >= 0.6 is 0 Å². The highest BCUT2D eigenvalue weighted by molar-refractivity contribution is 5.95. The maximum atomic E-state index is 14.6. The van der Waals surface area contributed by atoms with E-state index in [-0.39, 0.29) is 47.1 Å². The first-order valence-corrected chi connectivity index (χ1v) is 16.4. The van der Waals surface area contributed by atoms with E-state index in [1.165, 1.54) is 37.7 Å². The molecule has 4 heteroatoms. The van der Waals surface area contributed by atoms with Gasteiger partial charge in [-0.25, -0.2) is 9.36 Å². The Kier molecular flexibility index (Phi) is 7.31. The number of nitrogens with zero attached hydrogens (tertiary/aromatic N) is 1. The molecule has 5 aliphatic carbocycles. The monoisotopic (exact) mass is 575 g/mol. The summed E-state index contributed by atoms with van der Waals surface area (Å²) in [6.45, 7) is 19.5. The fourth-order valence-electron chi connectivity index (χ4n) is 11.4. The van der Waals surface area contributed by atoms with E-state index < -0.39 is 0 Å². The summed E-state index contributed by atoms with van der Waals surface area (Å²) in [6, 6.07) is 3.73. The van der Waals surface area contributed by atoms with E-state index in [1.807, 2.05) is 36.1 Å². The molecule has 6 rings (SSSR count). The van der Waals surface area contributed by atoms with Gasteiger partial charge in [-0.1, -0.05) is 61.0 Å². The van der Waals surface area contributed by atoms with Crippen molar-refractivity contribution in [1.29, 1.82) is 0 Å². The molecule has 232 valence electrons. The molecule has 5 aliphatic rings. The van der Waals surface area contributed by atoms with Crippen molar-refractivity contribution in [3.8, 4) is 0 Å². The number of ether oxygens (including phenoxy) is 1. The van der Waals surface area contributed by atoms with E-state index in [4.69, 9.17) is 4.74 Å². The van der Waals surface area contributed by atoms with E-state index in [0.717, 1.165) is 25.7 Å². The highest BCUT2D eigenvalue weighted by Gasteiger charge is 2.70. The van der Waals surface area contributed by atoms with Gasteiger partial charge in [-0.2, -0.15) is 0 Å². The van der Waals surface area contributed by atoms with Gasteiger partial charge in [-0.05, 0) is 109 Å². The van der Waals surface area contributed by atoms with Crippen molar-refractivity contribution in [2.45, 2.75) is 119 Å². The average Bonchev–Trinajstić information content (AvgIpc) is 2.88. The predicted octanol–water partition coefficient (Wildman–Crippen LogP) is 8.49. The number of aryl methyl sites for hydroxylation is 1. The van der Waals surface area contributed by atoms with Gasteiger partial charge in [0.05, 0.1) is 0 Å². The van der Waals surface area contributed by atoms with Crippen molar-refractivity contribution in [1.82, 2.24) is 0 Å². The second-order valence-corrected chi connectivity index (χ2v) is 17.4. The first-order chi connectivity index (χ1) is 19.0. The zero-order chi connectivity index (χ0) is 29.8. The van der Waals surface area contributed by atoms with Gasteiger partial charge in [0, 0.05) is 17.4 Å². The Balaban J connectivity index is 0.00000353. The molecule has 0 N–H and O–H groups in total. The van der Waals surface area contributed by atoms with Crippen LogP contribution in [0.3, 0.4) is 0 Å². The number of pyridine rings is 1. The zero-order valence-electron chi connectivity index (χ0n) is 28.2. The van der Waals surface area contributed by atoms with Crippen LogP contribution in [0.2, 0.25) is 0 Å². The van der Waals surface area contributed by atoms with Crippen molar-refractivity contribution in [3.63, 3.8) is 0 Å². The third kappa shape index (κ3) is 4.31. The van der Waals surface area contributed by atoms with Crippen molar-refractivity contribution < 1.29 is 18.9 Å². The third-order valence-electron chi connectivity index (χ3n) is 14.2. The minimum Gasteiger partial charge on any atom is -0.458 e. The Hall–Kier alpha value is -1.97. The standard InChI is InChI=1S/C37H54NO3.CH3/c1-32(2)16-17-34(5)18-19-36(7)25(26(34)22-32)21-27(39)30-35(6)14-13-29(33(3,4)28(35)12-15-37(30,36)8)41-31(40)24-11-10-20-38(9)23-24;/h10-11,20-21,23,26,28-30H,12-19,22H2,1-9H3;1H3/q+1;-1/t26-,28-,29-,30+,34+,35-,36+,37+;/m0./s1. The molecule has 1 heterocycles. The van der Waals surface area contributed by atoms with Gasteiger partial charge in [-0.3, -0.25) is 4.79 Å². The highest BCUT2D eigenvalue weighted by atomic mass is 16.5. The number of ketones is 1. The zero-order valence-corrected chi connectivity index (χ0v) is 28.2. The lowest BCUT2D eigenvalue weighted by atomic mass is 9.33. The van der Waals surface area contributed by atoms with E-state index in [9.17, 15) is 9.59 Å². The van der Waals surface area contributed by atoms with Crippen LogP contribution in [0.4, 0.5) is 0 Å². The maximum absolute atomic E-state index is 14.6. The normalized spacial score (nSPS) is 43.4. The highest BCUT2D eigenvalue weighted by Crippen LogP contribution is 2.75. The molecule has 0 aliphatic heterocycles. The molecule has 4 fully saturated rings. The van der Waals surface area contributed by atoms with Crippen LogP contribution < -0.4 is 4.57 Å². The molecular weight excluding hydrogens is 518 g/mol. The van der Waals surface area contributed by atoms with Crippen LogP contribution in [0, 0.1) is 57.7 Å². The first-order valence-electron chi connectivity index (χ1n) is 16.4. The minimum atomic E-state index is -0.238. The maximum Gasteiger partial charge on any atom is 0.344 e. The summed E-state index contributed by atoms with van der Waals surface area (Å²) in [5, 5.41) is 0. The SMILES string of the molecule is C[n+]1cccc(C(=O)O[C@H]2CC[C@]3(C)[C@H]4C(=O)C=C5[C@@H]6CC(C)(C)CC[C@]6(C)CC[C@@]5(C)[C@]4(C)CC[C@H]3C2(C)C)c1.[CH3-]. The predicted molar refractivity (Wildman–Crippen MR) is 168 cm³/mol. The lowest BCUT2D eigenvalue weighted by molar-refractivity contribution is -0.671.